The summed E-state index contributed by atoms with van der Waals surface area (Å²) in [7, 11) is -1.13. The maximum atomic E-state index is 13.1. The standard InChI is InChI=1S/C26H28ClF3N4O4S/c1-14-10-17(21(35)12-34-16(3)11-22(33-34)26(28,29)30)8-9-20(14)32-24(36)18-6-5-7-19(27)23(18)25(37)31-15(2)13-39(4)38/h5-11,15,21,35H,12-13H2,1-4H3,(H,31,37)(H,32,36)/t15-,21?,39?/m0/s1. The summed E-state index contributed by atoms with van der Waals surface area (Å²) in [6.45, 7) is 4.65. The molecule has 1 heterocycles. The minimum absolute atomic E-state index is 0.0251. The van der Waals surface area contributed by atoms with Crippen molar-refractivity contribution in [1.29, 1.82) is 0 Å². The van der Waals surface area contributed by atoms with E-state index in [1.54, 1.807) is 26.0 Å². The van der Waals surface area contributed by atoms with E-state index in [1.807, 2.05) is 0 Å². The average molecular weight is 585 g/mol. The monoisotopic (exact) mass is 584 g/mol. The molecule has 3 atom stereocenters. The molecule has 13 heteroatoms. The lowest BCUT2D eigenvalue weighted by Crippen LogP contribution is -2.37. The number of aliphatic hydroxyl groups excluding tert-OH is 1. The molecule has 3 aromatic rings. The van der Waals surface area contributed by atoms with Gasteiger partial charge in [-0.15, -0.1) is 0 Å². The molecular weight excluding hydrogens is 557 g/mol. The van der Waals surface area contributed by atoms with Crippen LogP contribution in [0.4, 0.5) is 18.9 Å². The van der Waals surface area contributed by atoms with Crippen LogP contribution in [0, 0.1) is 13.8 Å². The number of rotatable bonds is 9. The fourth-order valence-electron chi connectivity index (χ4n) is 3.96. The van der Waals surface area contributed by atoms with Gasteiger partial charge in [-0.25, -0.2) is 0 Å². The second-order valence-electron chi connectivity index (χ2n) is 9.17. The minimum atomic E-state index is -4.59. The van der Waals surface area contributed by atoms with E-state index >= 15 is 0 Å². The third-order valence-electron chi connectivity index (χ3n) is 5.85. The Bertz CT molecular complexity index is 1410. The SMILES string of the molecule is Cc1cc(C(O)Cn2nc(C(F)(F)F)cc2C)ccc1NC(=O)c1cccc(Cl)c1C(=O)N[C@@H](C)CS(C)=O. The smallest absolute Gasteiger partial charge is 0.386 e. The molecule has 8 nitrogen and oxygen atoms in total. The van der Waals surface area contributed by atoms with Crippen molar-refractivity contribution >= 4 is 39.9 Å². The zero-order chi connectivity index (χ0) is 29.1. The van der Waals surface area contributed by atoms with Gasteiger partial charge in [0.05, 0.1) is 28.8 Å². The largest absolute Gasteiger partial charge is 0.435 e. The van der Waals surface area contributed by atoms with E-state index in [-0.39, 0.29) is 34.1 Å². The topological polar surface area (TPSA) is 113 Å². The van der Waals surface area contributed by atoms with Crippen LogP contribution in [0.15, 0.2) is 42.5 Å². The van der Waals surface area contributed by atoms with Crippen molar-refractivity contribution < 1.29 is 32.1 Å². The van der Waals surface area contributed by atoms with Crippen LogP contribution in [0.5, 0.6) is 0 Å². The predicted molar refractivity (Wildman–Crippen MR) is 143 cm³/mol. The van der Waals surface area contributed by atoms with Crippen molar-refractivity contribution in [3.05, 3.63) is 81.1 Å². The number of hydrogen-bond acceptors (Lipinski definition) is 5. The summed E-state index contributed by atoms with van der Waals surface area (Å²) in [5.74, 6) is -0.947. The van der Waals surface area contributed by atoms with Gasteiger partial charge in [0.1, 0.15) is 0 Å². The van der Waals surface area contributed by atoms with Gasteiger partial charge in [-0.05, 0) is 56.2 Å². The van der Waals surface area contributed by atoms with E-state index in [0.29, 0.717) is 16.8 Å². The molecule has 210 valence electrons. The molecule has 0 bridgehead atoms. The van der Waals surface area contributed by atoms with Crippen LogP contribution >= 0.6 is 11.6 Å². The Morgan fingerprint density at radius 3 is 2.44 bits per heavy atom. The summed E-state index contributed by atoms with van der Waals surface area (Å²) >= 11 is 6.25. The number of aryl methyl sites for hydroxylation is 2. The number of nitrogens with one attached hydrogen (secondary N) is 2. The zero-order valence-corrected chi connectivity index (χ0v) is 23.2. The molecule has 2 unspecified atom stereocenters. The molecule has 0 radical (unpaired) electrons. The Morgan fingerprint density at radius 2 is 1.85 bits per heavy atom. The van der Waals surface area contributed by atoms with Gasteiger partial charge < -0.3 is 15.7 Å². The first kappa shape index (κ1) is 30.3. The second-order valence-corrected chi connectivity index (χ2v) is 11.1. The van der Waals surface area contributed by atoms with Gasteiger partial charge in [0.25, 0.3) is 11.8 Å². The molecule has 0 aliphatic carbocycles. The van der Waals surface area contributed by atoms with E-state index in [1.165, 1.54) is 37.4 Å². The number of hydrogen-bond donors (Lipinski definition) is 3. The quantitative estimate of drug-likeness (QED) is 0.339. The fourth-order valence-corrected chi connectivity index (χ4v) is 5.01. The molecular formula is C26H28ClF3N4O4S. The van der Waals surface area contributed by atoms with Crippen molar-refractivity contribution in [2.24, 2.45) is 0 Å². The molecule has 0 fully saturated rings. The molecule has 3 rings (SSSR count). The highest BCUT2D eigenvalue weighted by molar-refractivity contribution is 7.84. The first-order chi connectivity index (χ1) is 18.2. The summed E-state index contributed by atoms with van der Waals surface area (Å²) in [4.78, 5) is 26.0. The first-order valence-corrected chi connectivity index (χ1v) is 13.9. The molecule has 2 aromatic carbocycles. The number of benzene rings is 2. The van der Waals surface area contributed by atoms with Gasteiger partial charge in [0.2, 0.25) is 0 Å². The lowest BCUT2D eigenvalue weighted by molar-refractivity contribution is -0.141. The molecule has 3 N–H and O–H groups in total. The maximum absolute atomic E-state index is 13.1. The molecule has 0 spiro atoms. The molecule has 0 aliphatic heterocycles. The van der Waals surface area contributed by atoms with Gasteiger partial charge in [-0.3, -0.25) is 18.5 Å². The van der Waals surface area contributed by atoms with Gasteiger partial charge >= 0.3 is 6.18 Å². The maximum Gasteiger partial charge on any atom is 0.435 e. The predicted octanol–water partition coefficient (Wildman–Crippen LogP) is 4.65. The second kappa shape index (κ2) is 12.3. The lowest BCUT2D eigenvalue weighted by Gasteiger charge is -2.17. The number of carbonyl (C=O) groups is 2. The highest BCUT2D eigenvalue weighted by atomic mass is 35.5. The molecule has 0 saturated carbocycles. The molecule has 1 aromatic heterocycles. The molecule has 0 saturated heterocycles. The van der Waals surface area contributed by atoms with E-state index < -0.39 is 46.6 Å². The van der Waals surface area contributed by atoms with Crippen LogP contribution in [0.2, 0.25) is 5.02 Å². The van der Waals surface area contributed by atoms with Crippen LogP contribution in [0.25, 0.3) is 0 Å². The van der Waals surface area contributed by atoms with Gasteiger partial charge in [0.15, 0.2) is 5.69 Å². The summed E-state index contributed by atoms with van der Waals surface area (Å²) < 4.78 is 51.4. The van der Waals surface area contributed by atoms with Gasteiger partial charge in [-0.2, -0.15) is 18.3 Å². The van der Waals surface area contributed by atoms with E-state index in [4.69, 9.17) is 11.6 Å². The zero-order valence-electron chi connectivity index (χ0n) is 21.6. The Balaban J connectivity index is 1.77. The minimum Gasteiger partial charge on any atom is -0.386 e. The van der Waals surface area contributed by atoms with E-state index in [2.05, 4.69) is 15.7 Å². The summed E-state index contributed by atoms with van der Waals surface area (Å²) in [6.07, 6.45) is -4.23. The summed E-state index contributed by atoms with van der Waals surface area (Å²) in [5.41, 5.74) is 0.600. The Kier molecular flexibility index (Phi) is 9.57. The van der Waals surface area contributed by atoms with E-state index in [0.717, 1.165) is 10.7 Å². The number of nitrogens with zero attached hydrogens (tertiary/aromatic N) is 2. The fraction of sp³-hybridized carbons (Fsp3) is 0.346. The van der Waals surface area contributed by atoms with Gasteiger partial charge in [0, 0.05) is 40.2 Å². The van der Waals surface area contributed by atoms with Crippen LogP contribution in [-0.2, 0) is 23.5 Å². The Hall–Kier alpha value is -3.22. The number of aliphatic hydroxyl groups is 1. The molecule has 39 heavy (non-hydrogen) atoms. The first-order valence-electron chi connectivity index (χ1n) is 11.8. The molecule has 0 aliphatic rings. The average Bonchev–Trinajstić information content (AvgIpc) is 3.19. The summed E-state index contributed by atoms with van der Waals surface area (Å²) in [6, 6.07) is 9.65. The van der Waals surface area contributed by atoms with E-state index in [9.17, 15) is 32.1 Å². The Labute approximate surface area is 231 Å². The van der Waals surface area contributed by atoms with Crippen molar-refractivity contribution in [3.63, 3.8) is 0 Å². The van der Waals surface area contributed by atoms with Crippen molar-refractivity contribution in [1.82, 2.24) is 15.1 Å². The summed E-state index contributed by atoms with van der Waals surface area (Å²) in [5, 5.41) is 19.7. The molecule has 2 amide bonds. The number of carbonyl (C=O) groups excluding carboxylic acids is 2. The van der Waals surface area contributed by atoms with Crippen molar-refractivity contribution in [3.8, 4) is 0 Å². The van der Waals surface area contributed by atoms with Crippen LogP contribution in [0.3, 0.4) is 0 Å². The van der Waals surface area contributed by atoms with Gasteiger partial charge in [-0.1, -0.05) is 29.8 Å². The third kappa shape index (κ3) is 7.68. The highest BCUT2D eigenvalue weighted by Crippen LogP contribution is 2.30. The van der Waals surface area contributed by atoms with Crippen LogP contribution in [-0.4, -0.2) is 49.0 Å². The number of halogens is 4. The lowest BCUT2D eigenvalue weighted by atomic mass is 10.0. The number of anilines is 1. The normalized spacial score (nSPS) is 14.0. The van der Waals surface area contributed by atoms with Crippen molar-refractivity contribution in [2.75, 3.05) is 17.3 Å². The van der Waals surface area contributed by atoms with Crippen LogP contribution in [0.1, 0.15) is 56.3 Å². The van der Waals surface area contributed by atoms with Crippen LogP contribution < -0.4 is 10.6 Å². The Morgan fingerprint density at radius 1 is 1.15 bits per heavy atom. The van der Waals surface area contributed by atoms with Crippen molar-refractivity contribution in [2.45, 2.75) is 45.6 Å². The number of amides is 2. The number of alkyl halides is 3. The number of aromatic nitrogens is 2. The highest BCUT2D eigenvalue weighted by Gasteiger charge is 2.34. The third-order valence-corrected chi connectivity index (χ3v) is 7.13.